The third kappa shape index (κ3) is 3.91. The lowest BCUT2D eigenvalue weighted by molar-refractivity contribution is 0.0499. The number of unbranched alkanes of at least 4 members (excludes halogenated alkanes) is 1. The largest absolute Gasteiger partial charge is 0.462 e. The van der Waals surface area contributed by atoms with Crippen molar-refractivity contribution < 1.29 is 9.53 Å². The van der Waals surface area contributed by atoms with Crippen LogP contribution < -0.4 is 5.73 Å². The van der Waals surface area contributed by atoms with Crippen LogP contribution in [0.5, 0.6) is 0 Å². The number of halogens is 1. The minimum absolute atomic E-state index is 0.323. The van der Waals surface area contributed by atoms with Gasteiger partial charge in [0.25, 0.3) is 0 Å². The molecule has 82 valence electrons. The van der Waals surface area contributed by atoms with E-state index >= 15 is 0 Å². The Hall–Kier alpha value is -1.03. The third-order valence-corrected chi connectivity index (χ3v) is 2.34. The van der Waals surface area contributed by atoms with Crippen LogP contribution in [0.3, 0.4) is 0 Å². The highest BCUT2D eigenvalue weighted by Crippen LogP contribution is 2.17. The predicted molar refractivity (Wildman–Crippen MR) is 63.7 cm³/mol. The van der Waals surface area contributed by atoms with Gasteiger partial charge in [0.2, 0.25) is 0 Å². The van der Waals surface area contributed by atoms with Gasteiger partial charge in [-0.1, -0.05) is 29.3 Å². The Morgan fingerprint density at radius 1 is 1.47 bits per heavy atom. The highest BCUT2D eigenvalue weighted by atomic mass is 79.9. The van der Waals surface area contributed by atoms with E-state index in [0.717, 1.165) is 17.3 Å². The number of esters is 1. The number of hydrogen-bond acceptors (Lipinski definition) is 3. The minimum Gasteiger partial charge on any atom is -0.462 e. The smallest absolute Gasteiger partial charge is 0.338 e. The summed E-state index contributed by atoms with van der Waals surface area (Å²) in [5.74, 6) is -0.323. The molecule has 0 saturated heterocycles. The molecule has 1 aromatic carbocycles. The van der Waals surface area contributed by atoms with Gasteiger partial charge in [-0.2, -0.15) is 0 Å². The molecule has 0 heterocycles. The Balaban J connectivity index is 2.65. The molecule has 3 nitrogen and oxygen atoms in total. The van der Waals surface area contributed by atoms with E-state index in [-0.39, 0.29) is 5.97 Å². The van der Waals surface area contributed by atoms with Crippen molar-refractivity contribution in [2.24, 2.45) is 0 Å². The van der Waals surface area contributed by atoms with Crippen molar-refractivity contribution in [2.75, 3.05) is 12.3 Å². The first-order valence-electron chi connectivity index (χ1n) is 4.86. The first-order valence-corrected chi connectivity index (χ1v) is 5.66. The van der Waals surface area contributed by atoms with Gasteiger partial charge in [0, 0.05) is 10.2 Å². The highest BCUT2D eigenvalue weighted by molar-refractivity contribution is 9.10. The number of hydrogen-bond donors (Lipinski definition) is 1. The molecule has 0 atom stereocenters. The van der Waals surface area contributed by atoms with Gasteiger partial charge in [0.05, 0.1) is 12.2 Å². The van der Waals surface area contributed by atoms with E-state index in [9.17, 15) is 4.79 Å². The van der Waals surface area contributed by atoms with E-state index in [4.69, 9.17) is 10.5 Å². The lowest BCUT2D eigenvalue weighted by Gasteiger charge is -2.05. The summed E-state index contributed by atoms with van der Waals surface area (Å²) >= 11 is 3.28. The Bertz CT molecular complexity index is 332. The number of benzene rings is 1. The summed E-state index contributed by atoms with van der Waals surface area (Å²) in [5, 5.41) is 0. The zero-order valence-electron chi connectivity index (χ0n) is 8.63. The fourth-order valence-electron chi connectivity index (χ4n) is 1.12. The molecule has 0 aliphatic heterocycles. The van der Waals surface area contributed by atoms with Gasteiger partial charge in [-0.25, -0.2) is 4.79 Å². The topological polar surface area (TPSA) is 52.3 Å². The van der Waals surface area contributed by atoms with Gasteiger partial charge in [-0.05, 0) is 24.6 Å². The molecule has 0 amide bonds. The zero-order chi connectivity index (χ0) is 11.3. The molecule has 4 heteroatoms. The molecule has 1 rings (SSSR count). The van der Waals surface area contributed by atoms with Crippen molar-refractivity contribution in [3.63, 3.8) is 0 Å². The standard InChI is InChI=1S/C11H14BrNO2/c1-2-3-4-15-11(14)8-5-9(12)7-10(13)6-8/h5-7H,2-4,13H2,1H3. The number of rotatable bonds is 4. The summed E-state index contributed by atoms with van der Waals surface area (Å²) in [5.41, 5.74) is 6.65. The van der Waals surface area contributed by atoms with Crippen molar-refractivity contribution in [3.8, 4) is 0 Å². The molecular formula is C11H14BrNO2. The van der Waals surface area contributed by atoms with Crippen LogP contribution in [0.1, 0.15) is 30.1 Å². The number of anilines is 1. The zero-order valence-corrected chi connectivity index (χ0v) is 10.2. The summed E-state index contributed by atoms with van der Waals surface area (Å²) in [6, 6.07) is 5.05. The van der Waals surface area contributed by atoms with Crippen LogP contribution in [-0.4, -0.2) is 12.6 Å². The number of carbonyl (C=O) groups is 1. The number of carbonyl (C=O) groups excluding carboxylic acids is 1. The molecule has 0 unspecified atom stereocenters. The van der Waals surface area contributed by atoms with E-state index < -0.39 is 0 Å². The molecule has 0 saturated carbocycles. The maximum atomic E-state index is 11.5. The lowest BCUT2D eigenvalue weighted by atomic mass is 10.2. The van der Waals surface area contributed by atoms with Gasteiger partial charge >= 0.3 is 5.97 Å². The second-order valence-corrected chi connectivity index (χ2v) is 4.18. The number of nitrogen functional groups attached to an aromatic ring is 1. The van der Waals surface area contributed by atoms with Crippen LogP contribution in [0.15, 0.2) is 22.7 Å². The summed E-state index contributed by atoms with van der Waals surface area (Å²) in [6.07, 6.45) is 1.89. The third-order valence-electron chi connectivity index (χ3n) is 1.89. The average Bonchev–Trinajstić information content (AvgIpc) is 2.16. The van der Waals surface area contributed by atoms with Crippen LogP contribution >= 0.6 is 15.9 Å². The highest BCUT2D eigenvalue weighted by Gasteiger charge is 2.08. The Labute approximate surface area is 97.7 Å². The summed E-state index contributed by atoms with van der Waals surface area (Å²) in [6.45, 7) is 2.51. The Kier molecular flexibility index (Phi) is 4.62. The van der Waals surface area contributed by atoms with Crippen LogP contribution in [0.4, 0.5) is 5.69 Å². The lowest BCUT2D eigenvalue weighted by Crippen LogP contribution is -2.06. The van der Waals surface area contributed by atoms with Gasteiger partial charge < -0.3 is 10.5 Å². The maximum absolute atomic E-state index is 11.5. The van der Waals surface area contributed by atoms with Crippen molar-refractivity contribution in [1.82, 2.24) is 0 Å². The molecule has 15 heavy (non-hydrogen) atoms. The van der Waals surface area contributed by atoms with E-state index in [1.165, 1.54) is 0 Å². The molecule has 0 aliphatic rings. The first kappa shape index (κ1) is 12.0. The quantitative estimate of drug-likeness (QED) is 0.520. The molecular weight excluding hydrogens is 258 g/mol. The van der Waals surface area contributed by atoms with Gasteiger partial charge in [-0.15, -0.1) is 0 Å². The van der Waals surface area contributed by atoms with Crippen molar-refractivity contribution in [2.45, 2.75) is 19.8 Å². The van der Waals surface area contributed by atoms with Gasteiger partial charge in [0.1, 0.15) is 0 Å². The molecule has 0 bridgehead atoms. The normalized spacial score (nSPS) is 10.0. The van der Waals surface area contributed by atoms with E-state index in [2.05, 4.69) is 15.9 Å². The minimum atomic E-state index is -0.323. The van der Waals surface area contributed by atoms with Crippen LogP contribution in [0, 0.1) is 0 Å². The van der Waals surface area contributed by atoms with Crippen LogP contribution in [0.2, 0.25) is 0 Å². The van der Waals surface area contributed by atoms with E-state index in [0.29, 0.717) is 17.9 Å². The molecule has 0 aromatic heterocycles. The van der Waals surface area contributed by atoms with Crippen LogP contribution in [-0.2, 0) is 4.74 Å². The second-order valence-electron chi connectivity index (χ2n) is 3.26. The van der Waals surface area contributed by atoms with Gasteiger partial charge in [0.15, 0.2) is 0 Å². The molecule has 0 fully saturated rings. The van der Waals surface area contributed by atoms with E-state index in [1.807, 2.05) is 6.92 Å². The Morgan fingerprint density at radius 3 is 2.80 bits per heavy atom. The molecule has 1 aromatic rings. The summed E-state index contributed by atoms with van der Waals surface area (Å²) in [7, 11) is 0. The van der Waals surface area contributed by atoms with Crippen molar-refractivity contribution in [1.29, 1.82) is 0 Å². The number of nitrogens with two attached hydrogens (primary N) is 1. The predicted octanol–water partition coefficient (Wildman–Crippen LogP) is 2.99. The molecule has 0 radical (unpaired) electrons. The Morgan fingerprint density at radius 2 is 2.20 bits per heavy atom. The molecule has 0 spiro atoms. The van der Waals surface area contributed by atoms with Crippen molar-refractivity contribution >= 4 is 27.6 Å². The van der Waals surface area contributed by atoms with Crippen LogP contribution in [0.25, 0.3) is 0 Å². The van der Waals surface area contributed by atoms with E-state index in [1.54, 1.807) is 18.2 Å². The molecule has 2 N–H and O–H groups in total. The monoisotopic (exact) mass is 271 g/mol. The van der Waals surface area contributed by atoms with Crippen molar-refractivity contribution in [3.05, 3.63) is 28.2 Å². The van der Waals surface area contributed by atoms with Gasteiger partial charge in [-0.3, -0.25) is 0 Å². The first-order chi connectivity index (χ1) is 7.13. The second kappa shape index (κ2) is 5.75. The molecule has 0 aliphatic carbocycles. The maximum Gasteiger partial charge on any atom is 0.338 e. The SMILES string of the molecule is CCCCOC(=O)c1cc(N)cc(Br)c1. The average molecular weight is 272 g/mol. The fraction of sp³-hybridized carbons (Fsp3) is 0.364. The number of ether oxygens (including phenoxy) is 1. The summed E-state index contributed by atoms with van der Waals surface area (Å²) in [4.78, 5) is 11.5. The summed E-state index contributed by atoms with van der Waals surface area (Å²) < 4.78 is 5.85. The fourth-order valence-corrected chi connectivity index (χ4v) is 1.63.